The molecule has 0 saturated heterocycles. The number of amides is 1. The Balaban J connectivity index is 2.69. The van der Waals surface area contributed by atoms with Crippen LogP contribution in [-0.4, -0.2) is 41.1 Å². The molecule has 0 aromatic heterocycles. The van der Waals surface area contributed by atoms with E-state index in [1.54, 1.807) is 6.92 Å². The zero-order valence-corrected chi connectivity index (χ0v) is 13.7. The number of hydrogen-bond acceptors (Lipinski definition) is 3. The van der Waals surface area contributed by atoms with Crippen LogP contribution in [-0.2, 0) is 9.59 Å². The highest BCUT2D eigenvalue weighted by Gasteiger charge is 2.21. The van der Waals surface area contributed by atoms with Crippen LogP contribution in [0.15, 0.2) is 24.3 Å². The second-order valence-corrected chi connectivity index (χ2v) is 5.55. The molecule has 0 aliphatic carbocycles. The molecule has 0 heterocycles. The number of likely N-dealkylation sites (N-methyl/N-ethyl adjacent to an activating group) is 1. The fraction of sp³-hybridized carbons (Fsp3) is 0.529. The first kappa shape index (κ1) is 18.0. The maximum Gasteiger partial charge on any atom is 0.305 e. The Kier molecular flexibility index (Phi) is 6.89. The lowest BCUT2D eigenvalue weighted by Crippen LogP contribution is -2.41. The van der Waals surface area contributed by atoms with Crippen molar-refractivity contribution >= 4 is 11.9 Å². The van der Waals surface area contributed by atoms with Crippen LogP contribution < -0.4 is 4.74 Å². The average molecular weight is 307 g/mol. The summed E-state index contributed by atoms with van der Waals surface area (Å²) in [7, 11) is 0. The molecule has 0 aliphatic heterocycles. The number of ether oxygens (including phenoxy) is 1. The largest absolute Gasteiger partial charge is 0.481 e. The fourth-order valence-corrected chi connectivity index (χ4v) is 2.11. The summed E-state index contributed by atoms with van der Waals surface area (Å²) in [6.45, 7) is 8.37. The Bertz CT molecular complexity index is 513. The van der Waals surface area contributed by atoms with E-state index in [2.05, 4.69) is 13.8 Å². The predicted octanol–water partition coefficient (Wildman–Crippen LogP) is 2.90. The molecule has 1 atom stereocenters. The zero-order chi connectivity index (χ0) is 16.7. The molecule has 0 fully saturated rings. The predicted molar refractivity (Wildman–Crippen MR) is 85.1 cm³/mol. The first-order valence-corrected chi connectivity index (χ1v) is 7.62. The van der Waals surface area contributed by atoms with E-state index in [4.69, 9.17) is 9.84 Å². The minimum atomic E-state index is -0.913. The molecule has 0 spiro atoms. The second kappa shape index (κ2) is 8.41. The molecule has 22 heavy (non-hydrogen) atoms. The molecule has 1 N–H and O–H groups in total. The van der Waals surface area contributed by atoms with Gasteiger partial charge in [-0.25, -0.2) is 0 Å². The molecule has 1 amide bonds. The molecule has 1 aromatic rings. The highest BCUT2D eigenvalue weighted by atomic mass is 16.5. The number of benzene rings is 1. The highest BCUT2D eigenvalue weighted by Crippen LogP contribution is 2.21. The van der Waals surface area contributed by atoms with Gasteiger partial charge in [-0.05, 0) is 37.5 Å². The van der Waals surface area contributed by atoms with Crippen molar-refractivity contribution < 1.29 is 19.4 Å². The van der Waals surface area contributed by atoms with E-state index in [1.165, 1.54) is 4.90 Å². The molecule has 1 rings (SSSR count). The molecule has 5 heteroatoms. The smallest absolute Gasteiger partial charge is 0.305 e. The normalized spacial score (nSPS) is 12.0. The number of nitrogens with zero attached hydrogens (tertiary/aromatic N) is 1. The summed E-state index contributed by atoms with van der Waals surface area (Å²) in [5, 5.41) is 8.73. The maximum absolute atomic E-state index is 12.3. The van der Waals surface area contributed by atoms with Crippen LogP contribution in [0, 0.1) is 0 Å². The molecule has 0 bridgehead atoms. The van der Waals surface area contributed by atoms with Crippen LogP contribution in [0.3, 0.4) is 0 Å². The van der Waals surface area contributed by atoms with Gasteiger partial charge in [-0.1, -0.05) is 26.0 Å². The van der Waals surface area contributed by atoms with Crippen molar-refractivity contribution in [3.05, 3.63) is 29.8 Å². The number of carbonyl (C=O) groups is 2. The number of carbonyl (C=O) groups excluding carboxylic acids is 1. The van der Waals surface area contributed by atoms with Crippen molar-refractivity contribution in [2.45, 2.75) is 46.1 Å². The third-order valence-corrected chi connectivity index (χ3v) is 3.47. The average Bonchev–Trinajstić information content (AvgIpc) is 2.47. The molecular formula is C17H25NO4. The molecule has 0 aliphatic rings. The van der Waals surface area contributed by atoms with Crippen LogP contribution in [0.4, 0.5) is 0 Å². The Morgan fingerprint density at radius 3 is 2.50 bits per heavy atom. The molecule has 1 aromatic carbocycles. The standard InChI is InChI=1S/C17H25NO4/c1-5-18(10-9-16(19)20)17(21)13(4)22-15-8-6-7-14(11-15)12(2)3/h6-8,11-13H,5,9-10H2,1-4H3,(H,19,20). The molecule has 0 radical (unpaired) electrons. The zero-order valence-electron chi connectivity index (χ0n) is 13.7. The van der Waals surface area contributed by atoms with Crippen LogP contribution in [0.25, 0.3) is 0 Å². The van der Waals surface area contributed by atoms with Crippen LogP contribution in [0.1, 0.15) is 45.6 Å². The van der Waals surface area contributed by atoms with Gasteiger partial charge in [0.25, 0.3) is 5.91 Å². The summed E-state index contributed by atoms with van der Waals surface area (Å²) < 4.78 is 5.72. The molecule has 122 valence electrons. The quantitative estimate of drug-likeness (QED) is 0.802. The molecule has 1 unspecified atom stereocenters. The van der Waals surface area contributed by atoms with Gasteiger partial charge in [-0.2, -0.15) is 0 Å². The van der Waals surface area contributed by atoms with E-state index in [0.29, 0.717) is 18.2 Å². The Morgan fingerprint density at radius 2 is 1.95 bits per heavy atom. The van der Waals surface area contributed by atoms with Crippen molar-refractivity contribution in [3.8, 4) is 5.75 Å². The van der Waals surface area contributed by atoms with Gasteiger partial charge in [0.15, 0.2) is 6.10 Å². The van der Waals surface area contributed by atoms with Crippen LogP contribution in [0.5, 0.6) is 5.75 Å². The van der Waals surface area contributed by atoms with E-state index in [9.17, 15) is 9.59 Å². The van der Waals surface area contributed by atoms with Crippen molar-refractivity contribution in [1.29, 1.82) is 0 Å². The lowest BCUT2D eigenvalue weighted by atomic mass is 10.0. The van der Waals surface area contributed by atoms with Crippen LogP contribution in [0.2, 0.25) is 0 Å². The summed E-state index contributed by atoms with van der Waals surface area (Å²) >= 11 is 0. The van der Waals surface area contributed by atoms with Crippen molar-refractivity contribution in [1.82, 2.24) is 4.90 Å². The second-order valence-electron chi connectivity index (χ2n) is 5.55. The maximum atomic E-state index is 12.3. The Morgan fingerprint density at radius 1 is 1.27 bits per heavy atom. The van der Waals surface area contributed by atoms with E-state index in [-0.39, 0.29) is 18.9 Å². The molecule has 0 saturated carbocycles. The molecule has 5 nitrogen and oxygen atoms in total. The third-order valence-electron chi connectivity index (χ3n) is 3.47. The van der Waals surface area contributed by atoms with Crippen molar-refractivity contribution in [3.63, 3.8) is 0 Å². The minimum absolute atomic E-state index is 0.0604. The van der Waals surface area contributed by atoms with Crippen molar-refractivity contribution in [2.75, 3.05) is 13.1 Å². The van der Waals surface area contributed by atoms with Crippen LogP contribution >= 0.6 is 0 Å². The van der Waals surface area contributed by atoms with E-state index < -0.39 is 12.1 Å². The summed E-state index contributed by atoms with van der Waals surface area (Å²) in [5.41, 5.74) is 1.15. The van der Waals surface area contributed by atoms with Gasteiger partial charge in [0.2, 0.25) is 0 Å². The first-order chi connectivity index (χ1) is 10.3. The number of carboxylic acid groups (broad SMARTS) is 1. The van der Waals surface area contributed by atoms with Gasteiger partial charge >= 0.3 is 5.97 Å². The Labute approximate surface area is 131 Å². The minimum Gasteiger partial charge on any atom is -0.481 e. The summed E-state index contributed by atoms with van der Waals surface area (Å²) in [6.07, 6.45) is -0.703. The summed E-state index contributed by atoms with van der Waals surface area (Å²) in [6, 6.07) is 7.68. The lowest BCUT2D eigenvalue weighted by molar-refractivity contribution is -0.140. The monoisotopic (exact) mass is 307 g/mol. The summed E-state index contributed by atoms with van der Waals surface area (Å²) in [4.78, 5) is 24.5. The van der Waals surface area contributed by atoms with Gasteiger partial charge in [0.05, 0.1) is 6.42 Å². The van der Waals surface area contributed by atoms with Gasteiger partial charge in [0.1, 0.15) is 5.75 Å². The third kappa shape index (κ3) is 5.39. The highest BCUT2D eigenvalue weighted by molar-refractivity contribution is 5.81. The SMILES string of the molecule is CCN(CCC(=O)O)C(=O)C(C)Oc1cccc(C(C)C)c1. The molecular weight excluding hydrogens is 282 g/mol. The van der Waals surface area contributed by atoms with E-state index in [0.717, 1.165) is 5.56 Å². The fourth-order valence-electron chi connectivity index (χ4n) is 2.11. The van der Waals surface area contributed by atoms with Gasteiger partial charge < -0.3 is 14.7 Å². The van der Waals surface area contributed by atoms with Crippen molar-refractivity contribution in [2.24, 2.45) is 0 Å². The van der Waals surface area contributed by atoms with Gasteiger partial charge in [-0.3, -0.25) is 9.59 Å². The topological polar surface area (TPSA) is 66.8 Å². The number of hydrogen-bond donors (Lipinski definition) is 1. The van der Waals surface area contributed by atoms with Gasteiger partial charge in [-0.15, -0.1) is 0 Å². The summed E-state index contributed by atoms with van der Waals surface area (Å²) in [5.74, 6) is -0.0678. The van der Waals surface area contributed by atoms with Gasteiger partial charge in [0, 0.05) is 13.1 Å². The van der Waals surface area contributed by atoms with E-state index >= 15 is 0 Å². The first-order valence-electron chi connectivity index (χ1n) is 7.62. The number of carboxylic acids is 1. The Hall–Kier alpha value is -2.04. The number of aliphatic carboxylic acids is 1. The lowest BCUT2D eigenvalue weighted by Gasteiger charge is -2.24. The number of rotatable bonds is 8. The van der Waals surface area contributed by atoms with E-state index in [1.807, 2.05) is 31.2 Å².